The lowest BCUT2D eigenvalue weighted by molar-refractivity contribution is 0.0989. The molecular formula is C15H8Cl5FO. The predicted octanol–water partition coefficient (Wildman–Crippen LogP) is 7.35. The number of halogens is 6. The first-order valence-corrected chi connectivity index (χ1v) is 8.03. The molecule has 0 aliphatic rings. The van der Waals surface area contributed by atoms with Gasteiger partial charge in [-0.15, -0.1) is 0 Å². The Morgan fingerprint density at radius 1 is 0.955 bits per heavy atom. The summed E-state index contributed by atoms with van der Waals surface area (Å²) in [5.74, 6) is -0.735. The van der Waals surface area contributed by atoms with E-state index in [0.29, 0.717) is 0 Å². The molecule has 0 heterocycles. The smallest absolute Gasteiger partial charge is 0.163 e. The van der Waals surface area contributed by atoms with E-state index in [1.807, 2.05) is 0 Å². The first-order valence-electron chi connectivity index (χ1n) is 6.14. The molecular weight excluding hydrogens is 392 g/mol. The van der Waals surface area contributed by atoms with E-state index in [1.54, 1.807) is 6.92 Å². The molecule has 2 aromatic carbocycles. The predicted molar refractivity (Wildman–Crippen MR) is 91.5 cm³/mol. The van der Waals surface area contributed by atoms with Crippen molar-refractivity contribution in [1.82, 2.24) is 0 Å². The molecule has 2 aromatic rings. The number of carbonyl (C=O) groups excluding carboxylic acids is 1. The van der Waals surface area contributed by atoms with Gasteiger partial charge in [-0.05, 0) is 23.8 Å². The Balaban J connectivity index is 2.88. The van der Waals surface area contributed by atoms with E-state index < -0.39 is 5.82 Å². The molecule has 1 nitrogen and oxygen atoms in total. The van der Waals surface area contributed by atoms with Gasteiger partial charge in [0.15, 0.2) is 5.78 Å². The Morgan fingerprint density at radius 2 is 1.45 bits per heavy atom. The largest absolute Gasteiger partial charge is 0.294 e. The summed E-state index contributed by atoms with van der Waals surface area (Å²) in [6.07, 6.45) is 0.239. The van der Waals surface area contributed by atoms with Crippen LogP contribution in [0.5, 0.6) is 0 Å². The van der Waals surface area contributed by atoms with E-state index in [0.717, 1.165) is 6.07 Å². The third-order valence-electron chi connectivity index (χ3n) is 3.08. The number of Topliss-reactive ketones (excluding diaryl/α,β-unsaturated/α-hetero) is 1. The molecule has 0 radical (unpaired) electrons. The zero-order valence-electron chi connectivity index (χ0n) is 11.1. The normalized spacial score (nSPS) is 10.9. The van der Waals surface area contributed by atoms with Crippen molar-refractivity contribution in [3.63, 3.8) is 0 Å². The van der Waals surface area contributed by atoms with Gasteiger partial charge in [0.05, 0.1) is 25.1 Å². The van der Waals surface area contributed by atoms with Crippen molar-refractivity contribution in [3.8, 4) is 11.1 Å². The van der Waals surface area contributed by atoms with Crippen molar-refractivity contribution in [3.05, 3.63) is 54.7 Å². The lowest BCUT2D eigenvalue weighted by Gasteiger charge is -2.15. The first-order chi connectivity index (χ1) is 10.3. The Hall–Kier alpha value is -0.510. The molecule has 0 unspecified atom stereocenters. The molecule has 2 rings (SSSR count). The quantitative estimate of drug-likeness (QED) is 0.299. The molecule has 0 saturated heterocycles. The molecule has 0 fully saturated rings. The van der Waals surface area contributed by atoms with Gasteiger partial charge in [-0.3, -0.25) is 4.79 Å². The maximum atomic E-state index is 13.7. The second-order valence-electron chi connectivity index (χ2n) is 4.41. The average Bonchev–Trinajstić information content (AvgIpc) is 2.50. The molecule has 0 spiro atoms. The SMILES string of the molecule is CCC(=O)c1ccc(F)cc1-c1c(Cl)c(Cl)c(Cl)c(Cl)c1Cl. The van der Waals surface area contributed by atoms with E-state index in [-0.39, 0.29) is 54.0 Å². The highest BCUT2D eigenvalue weighted by Crippen LogP contribution is 2.49. The average molecular weight is 400 g/mol. The summed E-state index contributed by atoms with van der Waals surface area (Å²) in [7, 11) is 0. The molecule has 0 aliphatic heterocycles. The van der Waals surface area contributed by atoms with Crippen LogP contribution in [0, 0.1) is 5.82 Å². The fourth-order valence-electron chi connectivity index (χ4n) is 2.00. The van der Waals surface area contributed by atoms with Gasteiger partial charge in [0.1, 0.15) is 5.82 Å². The number of ketones is 1. The van der Waals surface area contributed by atoms with Gasteiger partial charge < -0.3 is 0 Å². The van der Waals surface area contributed by atoms with Gasteiger partial charge in [-0.25, -0.2) is 4.39 Å². The fraction of sp³-hybridized carbons (Fsp3) is 0.133. The number of hydrogen-bond donors (Lipinski definition) is 0. The molecule has 7 heteroatoms. The number of rotatable bonds is 3. The Morgan fingerprint density at radius 3 is 1.95 bits per heavy atom. The highest BCUT2D eigenvalue weighted by atomic mass is 35.5. The highest BCUT2D eigenvalue weighted by Gasteiger charge is 2.23. The van der Waals surface area contributed by atoms with Gasteiger partial charge in [-0.1, -0.05) is 64.9 Å². The second kappa shape index (κ2) is 6.94. The van der Waals surface area contributed by atoms with E-state index >= 15 is 0 Å². The van der Waals surface area contributed by atoms with Crippen LogP contribution in [-0.2, 0) is 0 Å². The van der Waals surface area contributed by atoms with Crippen LogP contribution >= 0.6 is 58.0 Å². The standard InChI is InChI=1S/C15H8Cl5FO/c1-2-9(22)7-4-3-6(21)5-8(7)10-11(16)13(18)15(20)14(19)12(10)17/h3-5H,2H2,1H3. The molecule has 0 saturated carbocycles. The molecule has 116 valence electrons. The maximum absolute atomic E-state index is 13.7. The van der Waals surface area contributed by atoms with E-state index in [1.165, 1.54) is 12.1 Å². The van der Waals surface area contributed by atoms with Gasteiger partial charge in [0.2, 0.25) is 0 Å². The lowest BCUT2D eigenvalue weighted by Crippen LogP contribution is -2.01. The van der Waals surface area contributed by atoms with Gasteiger partial charge in [0.25, 0.3) is 0 Å². The molecule has 0 aromatic heterocycles. The summed E-state index contributed by atoms with van der Waals surface area (Å²) in [5, 5.41) is 0.00859. The first kappa shape index (κ1) is 17.8. The van der Waals surface area contributed by atoms with Crippen LogP contribution in [0.2, 0.25) is 25.1 Å². The van der Waals surface area contributed by atoms with E-state index in [4.69, 9.17) is 58.0 Å². The van der Waals surface area contributed by atoms with Crippen LogP contribution in [0.4, 0.5) is 4.39 Å². The van der Waals surface area contributed by atoms with E-state index in [9.17, 15) is 9.18 Å². The minimum atomic E-state index is -0.544. The van der Waals surface area contributed by atoms with Gasteiger partial charge >= 0.3 is 0 Å². The van der Waals surface area contributed by atoms with Crippen LogP contribution in [0.15, 0.2) is 18.2 Å². The van der Waals surface area contributed by atoms with Crippen LogP contribution in [0.1, 0.15) is 23.7 Å². The molecule has 0 atom stereocenters. The zero-order valence-corrected chi connectivity index (χ0v) is 14.9. The molecule has 22 heavy (non-hydrogen) atoms. The third-order valence-corrected chi connectivity index (χ3v) is 5.36. The third kappa shape index (κ3) is 3.08. The molecule has 0 N–H and O–H groups in total. The summed E-state index contributed by atoms with van der Waals surface area (Å²) in [4.78, 5) is 12.1. The van der Waals surface area contributed by atoms with E-state index in [2.05, 4.69) is 0 Å². The summed E-state index contributed by atoms with van der Waals surface area (Å²) in [5.41, 5.74) is 0.684. The van der Waals surface area contributed by atoms with Gasteiger partial charge in [0, 0.05) is 17.5 Å². The Labute approximate surface area is 151 Å². The number of benzene rings is 2. The fourth-order valence-corrected chi connectivity index (χ4v) is 3.34. The Bertz CT molecular complexity index is 744. The molecule has 0 amide bonds. The van der Waals surface area contributed by atoms with Crippen LogP contribution in [-0.4, -0.2) is 5.78 Å². The summed E-state index contributed by atoms with van der Waals surface area (Å²) >= 11 is 30.4. The minimum Gasteiger partial charge on any atom is -0.294 e. The topological polar surface area (TPSA) is 17.1 Å². The van der Waals surface area contributed by atoms with Crippen LogP contribution in [0.25, 0.3) is 11.1 Å². The zero-order chi connectivity index (χ0) is 16.6. The van der Waals surface area contributed by atoms with Crippen molar-refractivity contribution in [2.24, 2.45) is 0 Å². The highest BCUT2D eigenvalue weighted by molar-refractivity contribution is 6.56. The summed E-state index contributed by atoms with van der Waals surface area (Å²) in [6, 6.07) is 3.73. The van der Waals surface area contributed by atoms with Crippen LogP contribution < -0.4 is 0 Å². The van der Waals surface area contributed by atoms with Crippen molar-refractivity contribution in [2.45, 2.75) is 13.3 Å². The summed E-state index contributed by atoms with van der Waals surface area (Å²) in [6.45, 7) is 1.69. The lowest BCUT2D eigenvalue weighted by atomic mass is 9.95. The number of carbonyl (C=O) groups is 1. The Kier molecular flexibility index (Phi) is 5.63. The van der Waals surface area contributed by atoms with Crippen molar-refractivity contribution in [2.75, 3.05) is 0 Å². The molecule has 0 aliphatic carbocycles. The second-order valence-corrected chi connectivity index (χ2v) is 6.30. The minimum absolute atomic E-state index is 0.00172. The summed E-state index contributed by atoms with van der Waals surface area (Å²) < 4.78 is 13.7. The van der Waals surface area contributed by atoms with Crippen molar-refractivity contribution in [1.29, 1.82) is 0 Å². The van der Waals surface area contributed by atoms with Crippen molar-refractivity contribution >= 4 is 63.8 Å². The maximum Gasteiger partial charge on any atom is 0.163 e. The monoisotopic (exact) mass is 398 g/mol. The molecule has 0 bridgehead atoms. The van der Waals surface area contributed by atoms with Crippen molar-refractivity contribution < 1.29 is 9.18 Å². The number of hydrogen-bond acceptors (Lipinski definition) is 1. The van der Waals surface area contributed by atoms with Gasteiger partial charge in [-0.2, -0.15) is 0 Å². The van der Waals surface area contributed by atoms with Crippen LogP contribution in [0.3, 0.4) is 0 Å².